The maximum absolute atomic E-state index is 11.4. The van der Waals surface area contributed by atoms with Crippen molar-refractivity contribution in [2.45, 2.75) is 25.7 Å². The van der Waals surface area contributed by atoms with Crippen molar-refractivity contribution >= 4 is 33.3 Å². The highest BCUT2D eigenvalue weighted by atomic mass is 79.9. The summed E-state index contributed by atoms with van der Waals surface area (Å²) in [6.07, 6.45) is 2.93. The Labute approximate surface area is 104 Å². The highest BCUT2D eigenvalue weighted by Gasteiger charge is 2.04. The van der Waals surface area contributed by atoms with Crippen LogP contribution >= 0.6 is 27.5 Å². The first-order chi connectivity index (χ1) is 7.24. The number of halogens is 2. The monoisotopic (exact) mass is 288 g/mol. The van der Waals surface area contributed by atoms with Crippen LogP contribution in [0.25, 0.3) is 0 Å². The van der Waals surface area contributed by atoms with Gasteiger partial charge in [-0.25, -0.2) is 0 Å². The van der Waals surface area contributed by atoms with E-state index in [1.54, 1.807) is 0 Å². The molecule has 1 aromatic rings. The number of aryl methyl sites for hydroxylation is 1. The molecule has 0 bridgehead atoms. The van der Waals surface area contributed by atoms with E-state index in [2.05, 4.69) is 15.9 Å². The zero-order chi connectivity index (χ0) is 11.1. The van der Waals surface area contributed by atoms with Crippen LogP contribution in [-0.2, 0) is 11.2 Å². The maximum atomic E-state index is 11.4. The molecule has 1 aromatic carbocycles. The van der Waals surface area contributed by atoms with Gasteiger partial charge in [-0.1, -0.05) is 45.7 Å². The van der Waals surface area contributed by atoms with Gasteiger partial charge in [0.05, 0.1) is 0 Å². The van der Waals surface area contributed by atoms with Gasteiger partial charge in [0.25, 0.3) is 0 Å². The Morgan fingerprint density at radius 2 is 2.00 bits per heavy atom. The predicted octanol–water partition coefficient (Wildman–Crippen LogP) is 4.02. The predicted molar refractivity (Wildman–Crippen MR) is 67.8 cm³/mol. The van der Waals surface area contributed by atoms with Crippen LogP contribution in [0.4, 0.5) is 0 Å². The van der Waals surface area contributed by atoms with Crippen molar-refractivity contribution in [3.8, 4) is 0 Å². The lowest BCUT2D eigenvalue weighted by molar-refractivity contribution is -0.119. The van der Waals surface area contributed by atoms with E-state index in [0.717, 1.165) is 28.8 Å². The molecule has 0 aliphatic rings. The van der Waals surface area contributed by atoms with Gasteiger partial charge in [-0.15, -0.1) is 0 Å². The Bertz CT molecular complexity index is 325. The van der Waals surface area contributed by atoms with E-state index in [-0.39, 0.29) is 0 Å². The topological polar surface area (TPSA) is 17.1 Å². The molecule has 3 heteroatoms. The third-order valence-corrected chi connectivity index (χ3v) is 3.15. The average Bonchev–Trinajstić information content (AvgIpc) is 2.25. The van der Waals surface area contributed by atoms with Gasteiger partial charge in [0.1, 0.15) is 5.78 Å². The Balaban J connectivity index is 2.37. The highest BCUT2D eigenvalue weighted by Crippen LogP contribution is 2.17. The van der Waals surface area contributed by atoms with Crippen LogP contribution in [0.15, 0.2) is 24.3 Å². The fraction of sp³-hybridized carbons (Fsp3) is 0.417. The van der Waals surface area contributed by atoms with Crippen LogP contribution in [0.2, 0.25) is 5.02 Å². The van der Waals surface area contributed by atoms with E-state index in [9.17, 15) is 4.79 Å². The molecule has 0 unspecified atom stereocenters. The van der Waals surface area contributed by atoms with Gasteiger partial charge in [-0.05, 0) is 24.5 Å². The molecular formula is C12H14BrClO. The molecule has 0 spiro atoms. The van der Waals surface area contributed by atoms with E-state index >= 15 is 0 Å². The highest BCUT2D eigenvalue weighted by molar-refractivity contribution is 9.09. The number of hydrogen-bond donors (Lipinski definition) is 0. The molecular weight excluding hydrogens is 275 g/mol. The van der Waals surface area contributed by atoms with Gasteiger partial charge < -0.3 is 0 Å². The van der Waals surface area contributed by atoms with E-state index in [1.165, 1.54) is 0 Å². The van der Waals surface area contributed by atoms with Crippen LogP contribution in [-0.4, -0.2) is 11.1 Å². The molecule has 0 heterocycles. The normalized spacial score (nSPS) is 10.3. The zero-order valence-corrected chi connectivity index (χ0v) is 10.9. The van der Waals surface area contributed by atoms with Crippen molar-refractivity contribution in [1.82, 2.24) is 0 Å². The van der Waals surface area contributed by atoms with Gasteiger partial charge in [0.2, 0.25) is 0 Å². The van der Waals surface area contributed by atoms with Crippen LogP contribution < -0.4 is 0 Å². The lowest BCUT2D eigenvalue weighted by Crippen LogP contribution is -2.00. The van der Waals surface area contributed by atoms with Crippen molar-refractivity contribution in [3.05, 3.63) is 34.9 Å². The molecule has 0 aliphatic heterocycles. The van der Waals surface area contributed by atoms with Gasteiger partial charge in [-0.3, -0.25) is 4.79 Å². The molecule has 82 valence electrons. The van der Waals surface area contributed by atoms with E-state index < -0.39 is 0 Å². The second kappa shape index (κ2) is 7.02. The van der Waals surface area contributed by atoms with Gasteiger partial charge in [0, 0.05) is 23.2 Å². The number of ketones is 1. The maximum Gasteiger partial charge on any atom is 0.133 e. The molecule has 1 rings (SSSR count). The summed E-state index contributed by atoms with van der Waals surface area (Å²) >= 11 is 9.31. The summed E-state index contributed by atoms with van der Waals surface area (Å²) in [5.41, 5.74) is 1.06. The second-order valence-corrected chi connectivity index (χ2v) is 4.62. The standard InChI is InChI=1S/C12H14BrClO/c13-9-3-5-11(15)8-7-10-4-1-2-6-12(10)14/h1-2,4,6H,3,5,7-9H2. The minimum Gasteiger partial charge on any atom is -0.300 e. The van der Waals surface area contributed by atoms with Crippen molar-refractivity contribution in [1.29, 1.82) is 0 Å². The summed E-state index contributed by atoms with van der Waals surface area (Å²) in [5.74, 6) is 0.314. The molecule has 0 fully saturated rings. The summed E-state index contributed by atoms with van der Waals surface area (Å²) in [6.45, 7) is 0. The number of carbonyl (C=O) groups excluding carboxylic acids is 1. The van der Waals surface area contributed by atoms with Crippen LogP contribution in [0, 0.1) is 0 Å². The second-order valence-electron chi connectivity index (χ2n) is 3.42. The van der Waals surface area contributed by atoms with E-state index in [4.69, 9.17) is 11.6 Å². The molecule has 0 atom stereocenters. The summed E-state index contributed by atoms with van der Waals surface area (Å²) in [4.78, 5) is 11.4. The first-order valence-corrected chi connectivity index (χ1v) is 6.55. The van der Waals surface area contributed by atoms with E-state index in [0.29, 0.717) is 18.6 Å². The van der Waals surface area contributed by atoms with Crippen molar-refractivity contribution in [3.63, 3.8) is 0 Å². The molecule has 15 heavy (non-hydrogen) atoms. The third-order valence-electron chi connectivity index (χ3n) is 2.22. The molecule has 1 nitrogen and oxygen atoms in total. The summed E-state index contributed by atoms with van der Waals surface area (Å²) in [5, 5.41) is 1.65. The first kappa shape index (κ1) is 12.7. The van der Waals surface area contributed by atoms with E-state index in [1.807, 2.05) is 24.3 Å². The molecule has 0 aromatic heterocycles. The van der Waals surface area contributed by atoms with Crippen LogP contribution in [0.3, 0.4) is 0 Å². The zero-order valence-electron chi connectivity index (χ0n) is 8.51. The number of rotatable bonds is 6. The fourth-order valence-electron chi connectivity index (χ4n) is 1.36. The Kier molecular flexibility index (Phi) is 5.96. The summed E-state index contributed by atoms with van der Waals surface area (Å²) in [7, 11) is 0. The van der Waals surface area contributed by atoms with Crippen molar-refractivity contribution in [2.24, 2.45) is 0 Å². The van der Waals surface area contributed by atoms with Gasteiger partial charge in [0.15, 0.2) is 0 Å². The molecule has 0 amide bonds. The average molecular weight is 290 g/mol. The lowest BCUT2D eigenvalue weighted by Gasteiger charge is -2.02. The largest absolute Gasteiger partial charge is 0.300 e. The SMILES string of the molecule is O=C(CCCBr)CCc1ccccc1Cl. The molecule has 0 N–H and O–H groups in total. The Morgan fingerprint density at radius 1 is 1.27 bits per heavy atom. The lowest BCUT2D eigenvalue weighted by atomic mass is 10.1. The molecule has 0 saturated heterocycles. The fourth-order valence-corrected chi connectivity index (χ4v) is 1.87. The van der Waals surface area contributed by atoms with Crippen molar-refractivity contribution < 1.29 is 4.79 Å². The Morgan fingerprint density at radius 3 is 2.67 bits per heavy atom. The van der Waals surface area contributed by atoms with Crippen LogP contribution in [0.5, 0.6) is 0 Å². The smallest absolute Gasteiger partial charge is 0.133 e. The summed E-state index contributed by atoms with van der Waals surface area (Å²) < 4.78 is 0. The Hall–Kier alpha value is -0.340. The number of hydrogen-bond acceptors (Lipinski definition) is 1. The third kappa shape index (κ3) is 4.80. The molecule has 0 saturated carbocycles. The minimum absolute atomic E-state index is 0.314. The number of Topliss-reactive ketones (excluding diaryl/α,β-unsaturated/α-hetero) is 1. The number of benzene rings is 1. The quantitative estimate of drug-likeness (QED) is 0.723. The minimum atomic E-state index is 0.314. The molecule has 0 aliphatic carbocycles. The number of carbonyl (C=O) groups is 1. The summed E-state index contributed by atoms with van der Waals surface area (Å²) in [6, 6.07) is 7.68. The first-order valence-electron chi connectivity index (χ1n) is 5.05. The van der Waals surface area contributed by atoms with Gasteiger partial charge >= 0.3 is 0 Å². The van der Waals surface area contributed by atoms with Crippen LogP contribution in [0.1, 0.15) is 24.8 Å². The van der Waals surface area contributed by atoms with Gasteiger partial charge in [-0.2, -0.15) is 0 Å². The number of alkyl halides is 1. The van der Waals surface area contributed by atoms with Crippen molar-refractivity contribution in [2.75, 3.05) is 5.33 Å². The molecule has 0 radical (unpaired) electrons.